The molecule has 0 saturated carbocycles. The summed E-state index contributed by atoms with van der Waals surface area (Å²) in [6.07, 6.45) is -4.53. The summed E-state index contributed by atoms with van der Waals surface area (Å²) in [6, 6.07) is 7.58. The summed E-state index contributed by atoms with van der Waals surface area (Å²) in [4.78, 5) is 18.6. The molecule has 10 heteroatoms. The number of aryl methyl sites for hydroxylation is 1. The monoisotopic (exact) mass is 419 g/mol. The van der Waals surface area contributed by atoms with E-state index in [0.29, 0.717) is 24.0 Å². The Bertz CT molecular complexity index is 1120. The molecule has 30 heavy (non-hydrogen) atoms. The SMILES string of the molecule is Cc1cccc(-n2nnc3c2CCN(C(=O)c2cccc(C(F)(F)F)c2F)[C@@H]3C)n1. The second-order valence-electron chi connectivity index (χ2n) is 7.06. The van der Waals surface area contributed by atoms with Crippen LogP contribution in [0.15, 0.2) is 36.4 Å². The summed E-state index contributed by atoms with van der Waals surface area (Å²) < 4.78 is 55.1. The summed E-state index contributed by atoms with van der Waals surface area (Å²) >= 11 is 0. The molecule has 0 fully saturated rings. The number of carbonyl (C=O) groups excluding carboxylic acids is 1. The fourth-order valence-electron chi connectivity index (χ4n) is 3.62. The molecule has 1 aliphatic rings. The van der Waals surface area contributed by atoms with Gasteiger partial charge < -0.3 is 4.90 Å². The average molecular weight is 419 g/mol. The topological polar surface area (TPSA) is 63.9 Å². The van der Waals surface area contributed by atoms with E-state index < -0.39 is 35.1 Å². The lowest BCUT2D eigenvalue weighted by molar-refractivity contribution is -0.140. The Hall–Kier alpha value is -3.30. The zero-order valence-electron chi connectivity index (χ0n) is 16.1. The van der Waals surface area contributed by atoms with E-state index in [0.717, 1.165) is 23.5 Å². The van der Waals surface area contributed by atoms with Gasteiger partial charge in [0, 0.05) is 18.7 Å². The number of halogens is 4. The van der Waals surface area contributed by atoms with Crippen molar-refractivity contribution in [1.82, 2.24) is 24.9 Å². The summed E-state index contributed by atoms with van der Waals surface area (Å²) in [5.41, 5.74) is -0.0140. The van der Waals surface area contributed by atoms with Crippen LogP contribution in [0, 0.1) is 12.7 Å². The summed E-state index contributed by atoms with van der Waals surface area (Å²) in [5.74, 6) is -1.81. The fraction of sp³-hybridized carbons (Fsp3) is 0.300. The standard InChI is InChI=1S/C20H17F4N5O/c1-11-5-3-8-16(25-11)29-15-9-10-28(12(2)18(15)26-27-29)19(30)13-6-4-7-14(17(13)21)20(22,23)24/h3-8,12H,9-10H2,1-2H3/t12-/m1/s1. The molecule has 0 unspecified atom stereocenters. The van der Waals surface area contributed by atoms with Gasteiger partial charge in [-0.05, 0) is 38.1 Å². The summed E-state index contributed by atoms with van der Waals surface area (Å²) in [7, 11) is 0. The maximum atomic E-state index is 14.5. The van der Waals surface area contributed by atoms with E-state index in [1.807, 2.05) is 19.1 Å². The molecule has 1 aromatic carbocycles. The Morgan fingerprint density at radius 3 is 2.60 bits per heavy atom. The van der Waals surface area contributed by atoms with Crippen LogP contribution in [-0.4, -0.2) is 37.3 Å². The number of pyridine rings is 1. The van der Waals surface area contributed by atoms with Crippen LogP contribution in [-0.2, 0) is 12.6 Å². The molecule has 1 aliphatic heterocycles. The lowest BCUT2D eigenvalue weighted by Crippen LogP contribution is -2.40. The highest BCUT2D eigenvalue weighted by molar-refractivity contribution is 5.95. The van der Waals surface area contributed by atoms with E-state index >= 15 is 0 Å². The zero-order valence-corrected chi connectivity index (χ0v) is 16.1. The number of carbonyl (C=O) groups is 1. The van der Waals surface area contributed by atoms with Crippen molar-refractivity contribution in [1.29, 1.82) is 0 Å². The molecule has 0 spiro atoms. The van der Waals surface area contributed by atoms with Crippen molar-refractivity contribution in [3.05, 3.63) is 70.4 Å². The quantitative estimate of drug-likeness (QED) is 0.592. The number of benzene rings is 1. The second kappa shape index (κ2) is 7.19. The first-order chi connectivity index (χ1) is 14.2. The molecule has 3 heterocycles. The number of fused-ring (bicyclic) bond motifs is 1. The maximum absolute atomic E-state index is 14.5. The Labute approximate surface area is 169 Å². The first-order valence-electron chi connectivity index (χ1n) is 9.23. The van der Waals surface area contributed by atoms with Crippen LogP contribution >= 0.6 is 0 Å². The van der Waals surface area contributed by atoms with Crippen LogP contribution < -0.4 is 0 Å². The number of hydrogen-bond donors (Lipinski definition) is 0. The molecule has 2 aromatic heterocycles. The zero-order chi connectivity index (χ0) is 21.6. The molecule has 0 N–H and O–H groups in total. The number of nitrogens with zero attached hydrogens (tertiary/aromatic N) is 5. The predicted octanol–water partition coefficient (Wildman–Crippen LogP) is 3.89. The van der Waals surface area contributed by atoms with Crippen molar-refractivity contribution in [3.63, 3.8) is 0 Å². The minimum Gasteiger partial charge on any atom is -0.330 e. The van der Waals surface area contributed by atoms with Crippen LogP contribution in [0.25, 0.3) is 5.82 Å². The van der Waals surface area contributed by atoms with E-state index in [9.17, 15) is 22.4 Å². The normalized spacial score (nSPS) is 16.5. The minimum absolute atomic E-state index is 0.182. The lowest BCUT2D eigenvalue weighted by atomic mass is 10.0. The van der Waals surface area contributed by atoms with E-state index in [-0.39, 0.29) is 6.54 Å². The number of rotatable bonds is 2. The molecule has 0 aliphatic carbocycles. The van der Waals surface area contributed by atoms with Gasteiger partial charge >= 0.3 is 6.18 Å². The summed E-state index contributed by atoms with van der Waals surface area (Å²) in [6.45, 7) is 3.71. The van der Waals surface area contributed by atoms with E-state index in [2.05, 4.69) is 15.3 Å². The van der Waals surface area contributed by atoms with Gasteiger partial charge in [0.25, 0.3) is 5.91 Å². The van der Waals surface area contributed by atoms with Crippen LogP contribution in [0.3, 0.4) is 0 Å². The molecule has 1 atom stereocenters. The van der Waals surface area contributed by atoms with Gasteiger partial charge in [-0.2, -0.15) is 17.9 Å². The van der Waals surface area contributed by atoms with Gasteiger partial charge in [-0.15, -0.1) is 5.10 Å². The fourth-order valence-corrected chi connectivity index (χ4v) is 3.62. The predicted molar refractivity (Wildman–Crippen MR) is 98.4 cm³/mol. The van der Waals surface area contributed by atoms with Crippen LogP contribution in [0.1, 0.15) is 46.0 Å². The third-order valence-corrected chi connectivity index (χ3v) is 5.13. The third-order valence-electron chi connectivity index (χ3n) is 5.13. The number of amides is 1. The number of alkyl halides is 3. The number of aromatic nitrogens is 4. The molecule has 3 aromatic rings. The van der Waals surface area contributed by atoms with Gasteiger partial charge in [-0.3, -0.25) is 4.79 Å². The molecule has 6 nitrogen and oxygen atoms in total. The molecule has 1 amide bonds. The highest BCUT2D eigenvalue weighted by atomic mass is 19.4. The van der Waals surface area contributed by atoms with E-state index in [1.165, 1.54) is 4.90 Å². The second-order valence-corrected chi connectivity index (χ2v) is 7.06. The van der Waals surface area contributed by atoms with Gasteiger partial charge in [0.15, 0.2) is 5.82 Å². The molecule has 4 rings (SSSR count). The van der Waals surface area contributed by atoms with Crippen molar-refractivity contribution < 1.29 is 22.4 Å². The Morgan fingerprint density at radius 2 is 1.90 bits per heavy atom. The van der Waals surface area contributed by atoms with Crippen molar-refractivity contribution in [2.24, 2.45) is 0 Å². The van der Waals surface area contributed by atoms with Crippen LogP contribution in [0.2, 0.25) is 0 Å². The van der Waals surface area contributed by atoms with Crippen molar-refractivity contribution >= 4 is 5.91 Å². The Morgan fingerprint density at radius 1 is 1.17 bits per heavy atom. The van der Waals surface area contributed by atoms with Gasteiger partial charge in [-0.1, -0.05) is 17.3 Å². The average Bonchev–Trinajstić information content (AvgIpc) is 3.12. The van der Waals surface area contributed by atoms with Gasteiger partial charge in [0.1, 0.15) is 11.5 Å². The largest absolute Gasteiger partial charge is 0.419 e. The van der Waals surface area contributed by atoms with Crippen LogP contribution in [0.4, 0.5) is 17.6 Å². The first kappa shape index (κ1) is 20.0. The minimum atomic E-state index is -4.88. The van der Waals surface area contributed by atoms with Crippen molar-refractivity contribution in [2.75, 3.05) is 6.54 Å². The molecule has 0 bridgehead atoms. The third kappa shape index (κ3) is 3.31. The smallest absolute Gasteiger partial charge is 0.330 e. The Kier molecular flexibility index (Phi) is 4.79. The molecule has 0 radical (unpaired) electrons. The van der Waals surface area contributed by atoms with Gasteiger partial charge in [0.05, 0.1) is 22.9 Å². The molecular weight excluding hydrogens is 402 g/mol. The van der Waals surface area contributed by atoms with Crippen molar-refractivity contribution in [3.8, 4) is 5.82 Å². The Balaban J connectivity index is 1.67. The van der Waals surface area contributed by atoms with Gasteiger partial charge in [0.2, 0.25) is 0 Å². The highest BCUT2D eigenvalue weighted by Gasteiger charge is 2.38. The first-order valence-corrected chi connectivity index (χ1v) is 9.23. The lowest BCUT2D eigenvalue weighted by Gasteiger charge is -2.32. The maximum Gasteiger partial charge on any atom is 0.419 e. The van der Waals surface area contributed by atoms with E-state index in [1.54, 1.807) is 17.7 Å². The molecule has 156 valence electrons. The summed E-state index contributed by atoms with van der Waals surface area (Å²) in [5, 5.41) is 8.29. The number of hydrogen-bond acceptors (Lipinski definition) is 4. The molecular formula is C20H17F4N5O. The van der Waals surface area contributed by atoms with E-state index in [4.69, 9.17) is 0 Å². The van der Waals surface area contributed by atoms with Crippen LogP contribution in [0.5, 0.6) is 0 Å². The van der Waals surface area contributed by atoms with Crippen molar-refractivity contribution in [2.45, 2.75) is 32.5 Å². The highest BCUT2D eigenvalue weighted by Crippen LogP contribution is 2.34. The van der Waals surface area contributed by atoms with Gasteiger partial charge in [-0.25, -0.2) is 9.37 Å². The molecule has 0 saturated heterocycles.